The number of ether oxygens (including phenoxy) is 1. The van der Waals surface area contributed by atoms with Crippen molar-refractivity contribution in [3.05, 3.63) is 0 Å². The Bertz CT molecular complexity index is 111. The minimum absolute atomic E-state index is 0.144. The van der Waals surface area contributed by atoms with Crippen LogP contribution in [0.1, 0.15) is 33.6 Å². The molecule has 1 fully saturated rings. The fraction of sp³-hybridized carbons (Fsp3) is 1.00. The van der Waals surface area contributed by atoms with Crippen molar-refractivity contribution in [1.29, 1.82) is 0 Å². The highest BCUT2D eigenvalue weighted by atomic mass is 17.2. The smallest absolute Gasteiger partial charge is 0.191 e. The lowest BCUT2D eigenvalue weighted by molar-refractivity contribution is -0.408. The summed E-state index contributed by atoms with van der Waals surface area (Å²) in [6.07, 6.45) is 1.86. The fourth-order valence-corrected chi connectivity index (χ4v) is 0.822. The van der Waals surface area contributed by atoms with Crippen LogP contribution >= 0.6 is 0 Å². The lowest BCUT2D eigenvalue weighted by atomic mass is 10.2. The van der Waals surface area contributed by atoms with E-state index in [1.54, 1.807) is 0 Å². The van der Waals surface area contributed by atoms with Gasteiger partial charge in [0.05, 0.1) is 12.2 Å². The molecule has 1 unspecified atom stereocenters. The highest BCUT2D eigenvalue weighted by Crippen LogP contribution is 2.16. The minimum Gasteiger partial charge on any atom is -0.350 e. The van der Waals surface area contributed by atoms with Gasteiger partial charge in [-0.25, -0.2) is 9.78 Å². The van der Waals surface area contributed by atoms with Crippen LogP contribution in [-0.2, 0) is 14.5 Å². The van der Waals surface area contributed by atoms with Gasteiger partial charge in [-0.1, -0.05) is 0 Å². The predicted molar refractivity (Wildman–Crippen MR) is 40.9 cm³/mol. The Hall–Kier alpha value is -0.120. The molecule has 0 aliphatic carbocycles. The average molecular weight is 160 g/mol. The van der Waals surface area contributed by atoms with Gasteiger partial charge in [0, 0.05) is 6.42 Å². The molecule has 0 N–H and O–H groups in total. The highest BCUT2D eigenvalue weighted by molar-refractivity contribution is 4.56. The standard InChI is InChI=1S/C8H16O3/c1-8(2,3)11-10-7-5-4-6-9-7/h7H,4-6H2,1-3H3. The van der Waals surface area contributed by atoms with E-state index in [0.29, 0.717) is 0 Å². The van der Waals surface area contributed by atoms with Gasteiger partial charge in [0.1, 0.15) is 0 Å². The SMILES string of the molecule is CC(C)(C)OOC1CCCO1. The second kappa shape index (κ2) is 3.52. The van der Waals surface area contributed by atoms with E-state index in [0.717, 1.165) is 19.4 Å². The summed E-state index contributed by atoms with van der Waals surface area (Å²) in [6, 6.07) is 0. The molecule has 1 aliphatic heterocycles. The largest absolute Gasteiger partial charge is 0.350 e. The molecule has 0 saturated carbocycles. The Labute approximate surface area is 67.6 Å². The van der Waals surface area contributed by atoms with Crippen LogP contribution in [0.15, 0.2) is 0 Å². The van der Waals surface area contributed by atoms with Gasteiger partial charge in [-0.15, -0.1) is 0 Å². The van der Waals surface area contributed by atoms with E-state index < -0.39 is 0 Å². The maximum atomic E-state index is 5.20. The van der Waals surface area contributed by atoms with E-state index in [2.05, 4.69) is 0 Å². The zero-order valence-electron chi connectivity index (χ0n) is 7.42. The van der Waals surface area contributed by atoms with Gasteiger partial charge in [-0.3, -0.25) is 0 Å². The Morgan fingerprint density at radius 2 is 2.09 bits per heavy atom. The highest BCUT2D eigenvalue weighted by Gasteiger charge is 2.20. The van der Waals surface area contributed by atoms with Crippen LogP contribution < -0.4 is 0 Å². The molecule has 1 heterocycles. The predicted octanol–water partition coefficient (Wildman–Crippen LogP) is 1.87. The number of hydrogen-bond acceptors (Lipinski definition) is 3. The monoisotopic (exact) mass is 160 g/mol. The van der Waals surface area contributed by atoms with Gasteiger partial charge in [0.15, 0.2) is 6.29 Å². The first-order valence-corrected chi connectivity index (χ1v) is 4.04. The van der Waals surface area contributed by atoms with Crippen LogP contribution in [0.3, 0.4) is 0 Å². The summed E-state index contributed by atoms with van der Waals surface area (Å²) >= 11 is 0. The summed E-state index contributed by atoms with van der Waals surface area (Å²) in [5.41, 5.74) is -0.244. The van der Waals surface area contributed by atoms with Crippen LogP contribution in [0.4, 0.5) is 0 Å². The van der Waals surface area contributed by atoms with Gasteiger partial charge in [0.2, 0.25) is 0 Å². The minimum atomic E-state index is -0.244. The lowest BCUT2D eigenvalue weighted by Crippen LogP contribution is -2.23. The molecule has 0 radical (unpaired) electrons. The number of hydrogen-bond donors (Lipinski definition) is 0. The van der Waals surface area contributed by atoms with Crippen LogP contribution in [-0.4, -0.2) is 18.5 Å². The van der Waals surface area contributed by atoms with Crippen molar-refractivity contribution in [1.82, 2.24) is 0 Å². The molecule has 1 rings (SSSR count). The van der Waals surface area contributed by atoms with E-state index in [9.17, 15) is 0 Å². The topological polar surface area (TPSA) is 27.7 Å². The van der Waals surface area contributed by atoms with E-state index in [1.165, 1.54) is 0 Å². The molecule has 3 nitrogen and oxygen atoms in total. The van der Waals surface area contributed by atoms with E-state index in [4.69, 9.17) is 14.5 Å². The van der Waals surface area contributed by atoms with Crippen molar-refractivity contribution < 1.29 is 14.5 Å². The molecule has 11 heavy (non-hydrogen) atoms. The molecule has 0 aromatic heterocycles. The molecule has 66 valence electrons. The first-order valence-electron chi connectivity index (χ1n) is 4.04. The van der Waals surface area contributed by atoms with Gasteiger partial charge in [0.25, 0.3) is 0 Å². The van der Waals surface area contributed by atoms with Crippen molar-refractivity contribution in [3.63, 3.8) is 0 Å². The molecular formula is C8H16O3. The first-order chi connectivity index (χ1) is 5.08. The normalized spacial score (nSPS) is 25.9. The molecule has 0 aromatic rings. The van der Waals surface area contributed by atoms with E-state index in [-0.39, 0.29) is 11.9 Å². The first kappa shape index (κ1) is 8.97. The third-order valence-corrected chi connectivity index (χ3v) is 1.29. The zero-order valence-corrected chi connectivity index (χ0v) is 7.42. The van der Waals surface area contributed by atoms with Gasteiger partial charge >= 0.3 is 0 Å². The summed E-state index contributed by atoms with van der Waals surface area (Å²) in [4.78, 5) is 10.1. The molecule has 1 atom stereocenters. The Morgan fingerprint density at radius 3 is 2.55 bits per heavy atom. The quantitative estimate of drug-likeness (QED) is 0.456. The zero-order chi connectivity index (χ0) is 8.32. The van der Waals surface area contributed by atoms with Crippen molar-refractivity contribution in [2.45, 2.75) is 45.5 Å². The summed E-state index contributed by atoms with van der Waals surface area (Å²) in [5, 5.41) is 0. The summed E-state index contributed by atoms with van der Waals surface area (Å²) < 4.78 is 5.20. The third kappa shape index (κ3) is 3.70. The van der Waals surface area contributed by atoms with Crippen LogP contribution in [0, 0.1) is 0 Å². The molecule has 3 heteroatoms. The van der Waals surface area contributed by atoms with Gasteiger partial charge < -0.3 is 4.74 Å². The molecule has 0 aromatic carbocycles. The van der Waals surface area contributed by atoms with Crippen molar-refractivity contribution in [2.75, 3.05) is 6.61 Å². The molecule has 0 spiro atoms. The third-order valence-electron chi connectivity index (χ3n) is 1.29. The Kier molecular flexibility index (Phi) is 2.87. The van der Waals surface area contributed by atoms with Crippen LogP contribution in [0.5, 0.6) is 0 Å². The Balaban J connectivity index is 2.11. The molecule has 1 aliphatic rings. The summed E-state index contributed by atoms with van der Waals surface area (Å²) in [5.74, 6) is 0. The molecular weight excluding hydrogens is 144 g/mol. The van der Waals surface area contributed by atoms with Gasteiger partial charge in [-0.05, 0) is 27.2 Å². The van der Waals surface area contributed by atoms with Crippen LogP contribution in [0.25, 0.3) is 0 Å². The van der Waals surface area contributed by atoms with E-state index >= 15 is 0 Å². The summed E-state index contributed by atoms with van der Waals surface area (Å²) in [7, 11) is 0. The fourth-order valence-electron chi connectivity index (χ4n) is 0.822. The van der Waals surface area contributed by atoms with Crippen molar-refractivity contribution >= 4 is 0 Å². The number of rotatable bonds is 2. The molecule has 0 bridgehead atoms. The maximum absolute atomic E-state index is 5.20. The lowest BCUT2D eigenvalue weighted by Gasteiger charge is -2.19. The van der Waals surface area contributed by atoms with Crippen molar-refractivity contribution in [2.24, 2.45) is 0 Å². The maximum Gasteiger partial charge on any atom is 0.191 e. The second-order valence-electron chi connectivity index (χ2n) is 3.73. The molecule has 1 saturated heterocycles. The van der Waals surface area contributed by atoms with Crippen LogP contribution in [0.2, 0.25) is 0 Å². The summed E-state index contributed by atoms with van der Waals surface area (Å²) in [6.45, 7) is 6.63. The van der Waals surface area contributed by atoms with Gasteiger partial charge in [-0.2, -0.15) is 0 Å². The van der Waals surface area contributed by atoms with Crippen molar-refractivity contribution in [3.8, 4) is 0 Å². The second-order valence-corrected chi connectivity index (χ2v) is 3.73. The molecule has 0 amide bonds. The Morgan fingerprint density at radius 1 is 1.36 bits per heavy atom. The van der Waals surface area contributed by atoms with E-state index in [1.807, 2.05) is 20.8 Å². The average Bonchev–Trinajstić information content (AvgIpc) is 2.32.